The molecule has 0 unspecified atom stereocenters. The van der Waals surface area contributed by atoms with Crippen LogP contribution in [0.5, 0.6) is 5.75 Å². The fourth-order valence-electron chi connectivity index (χ4n) is 3.45. The Morgan fingerprint density at radius 3 is 2.57 bits per heavy atom. The predicted molar refractivity (Wildman–Crippen MR) is 111 cm³/mol. The van der Waals surface area contributed by atoms with Crippen LogP contribution in [0.25, 0.3) is 11.0 Å². The van der Waals surface area contributed by atoms with E-state index in [4.69, 9.17) is 18.6 Å². The van der Waals surface area contributed by atoms with Crippen LogP contribution in [-0.2, 0) is 22.6 Å². The quantitative estimate of drug-likeness (QED) is 0.457. The highest BCUT2D eigenvalue weighted by atomic mass is 16.5. The minimum Gasteiger partial charge on any atom is -0.497 e. The predicted octanol–water partition coefficient (Wildman–Crippen LogP) is 2.99. The van der Waals surface area contributed by atoms with Gasteiger partial charge in [0.1, 0.15) is 17.9 Å². The topological polar surface area (TPSA) is 78.2 Å². The molecule has 156 valence electrons. The third-order valence-electron chi connectivity index (χ3n) is 5.10. The minimum absolute atomic E-state index is 0.0250. The molecule has 7 heteroatoms. The van der Waals surface area contributed by atoms with Gasteiger partial charge in [-0.2, -0.15) is 0 Å². The van der Waals surface area contributed by atoms with E-state index in [0.29, 0.717) is 27.8 Å². The van der Waals surface area contributed by atoms with Gasteiger partial charge < -0.3 is 18.6 Å². The summed E-state index contributed by atoms with van der Waals surface area (Å²) in [6, 6.07) is 13.9. The van der Waals surface area contributed by atoms with Crippen molar-refractivity contribution in [3.8, 4) is 5.75 Å². The first kappa shape index (κ1) is 20.1. The molecule has 2 aromatic carbocycles. The Balaban J connectivity index is 1.42. The first-order valence-electron chi connectivity index (χ1n) is 9.79. The summed E-state index contributed by atoms with van der Waals surface area (Å²) in [6.45, 7) is 4.13. The summed E-state index contributed by atoms with van der Waals surface area (Å²) in [5.74, 6) is 0.139. The van der Waals surface area contributed by atoms with E-state index in [2.05, 4.69) is 4.90 Å². The van der Waals surface area contributed by atoms with E-state index < -0.39 is 11.6 Å². The van der Waals surface area contributed by atoms with Crippen LogP contribution in [0.3, 0.4) is 0 Å². The number of benzene rings is 2. The molecule has 0 atom stereocenters. The molecule has 0 radical (unpaired) electrons. The normalized spacial score (nSPS) is 14.6. The standard InChI is InChI=1S/C23H23NO6/c1-27-19-6-7-20-18(12-22(25)30-21(20)13-19)15-29-23(26)17-4-2-16(3-5-17)14-24-8-10-28-11-9-24/h2-7,12-13H,8-11,14-15H2,1H3. The molecule has 1 saturated heterocycles. The number of hydrogen-bond acceptors (Lipinski definition) is 7. The second kappa shape index (κ2) is 9.11. The Bertz CT molecular complexity index is 1080. The number of hydrogen-bond donors (Lipinski definition) is 0. The fraction of sp³-hybridized carbons (Fsp3) is 0.304. The van der Waals surface area contributed by atoms with Gasteiger partial charge in [0.15, 0.2) is 0 Å². The van der Waals surface area contributed by atoms with Crippen molar-refractivity contribution in [2.45, 2.75) is 13.2 Å². The highest BCUT2D eigenvalue weighted by molar-refractivity contribution is 5.89. The van der Waals surface area contributed by atoms with E-state index in [9.17, 15) is 9.59 Å². The van der Waals surface area contributed by atoms with Gasteiger partial charge in [-0.05, 0) is 29.8 Å². The van der Waals surface area contributed by atoms with Crippen molar-refractivity contribution >= 4 is 16.9 Å². The largest absolute Gasteiger partial charge is 0.497 e. The van der Waals surface area contributed by atoms with Crippen LogP contribution in [0.15, 0.2) is 57.7 Å². The second-order valence-corrected chi connectivity index (χ2v) is 7.11. The number of carbonyl (C=O) groups is 1. The summed E-state index contributed by atoms with van der Waals surface area (Å²) in [5, 5.41) is 0.698. The number of ether oxygens (including phenoxy) is 3. The molecule has 0 N–H and O–H groups in total. The summed E-state index contributed by atoms with van der Waals surface area (Å²) in [4.78, 5) is 26.6. The Morgan fingerprint density at radius 2 is 1.83 bits per heavy atom. The van der Waals surface area contributed by atoms with E-state index in [1.54, 1.807) is 30.3 Å². The first-order chi connectivity index (χ1) is 14.6. The third-order valence-corrected chi connectivity index (χ3v) is 5.10. The van der Waals surface area contributed by atoms with E-state index >= 15 is 0 Å². The summed E-state index contributed by atoms with van der Waals surface area (Å²) < 4.78 is 21.2. The van der Waals surface area contributed by atoms with Crippen molar-refractivity contribution in [2.75, 3.05) is 33.4 Å². The molecule has 1 fully saturated rings. The molecule has 3 aromatic rings. The summed E-state index contributed by atoms with van der Waals surface area (Å²) in [7, 11) is 1.54. The van der Waals surface area contributed by atoms with Gasteiger partial charge in [0, 0.05) is 42.7 Å². The van der Waals surface area contributed by atoms with Crippen molar-refractivity contribution in [1.29, 1.82) is 0 Å². The molecule has 1 aliphatic heterocycles. The number of esters is 1. The summed E-state index contributed by atoms with van der Waals surface area (Å²) in [5.41, 5.74) is 2.07. The third kappa shape index (κ3) is 4.69. The van der Waals surface area contributed by atoms with Crippen LogP contribution < -0.4 is 10.4 Å². The number of carbonyl (C=O) groups excluding carboxylic acids is 1. The van der Waals surface area contributed by atoms with Gasteiger partial charge in [-0.1, -0.05) is 12.1 Å². The molecule has 30 heavy (non-hydrogen) atoms. The molecule has 7 nitrogen and oxygen atoms in total. The van der Waals surface area contributed by atoms with E-state index in [0.717, 1.165) is 38.4 Å². The van der Waals surface area contributed by atoms with Crippen molar-refractivity contribution < 1.29 is 23.4 Å². The van der Waals surface area contributed by atoms with Crippen LogP contribution in [0.4, 0.5) is 0 Å². The van der Waals surface area contributed by atoms with Crippen LogP contribution in [-0.4, -0.2) is 44.3 Å². The van der Waals surface area contributed by atoms with Crippen molar-refractivity contribution in [3.63, 3.8) is 0 Å². The molecular weight excluding hydrogens is 386 g/mol. The van der Waals surface area contributed by atoms with Gasteiger partial charge >= 0.3 is 11.6 Å². The maximum Gasteiger partial charge on any atom is 0.338 e. The minimum atomic E-state index is -0.505. The number of nitrogens with zero attached hydrogens (tertiary/aromatic N) is 1. The van der Waals surface area contributed by atoms with Gasteiger partial charge in [-0.25, -0.2) is 9.59 Å². The molecule has 1 aliphatic rings. The average molecular weight is 409 g/mol. The molecule has 1 aromatic heterocycles. The van der Waals surface area contributed by atoms with Gasteiger partial charge in [0.25, 0.3) is 0 Å². The van der Waals surface area contributed by atoms with E-state index in [1.807, 2.05) is 12.1 Å². The number of methoxy groups -OCH3 is 1. The maximum absolute atomic E-state index is 12.5. The van der Waals surface area contributed by atoms with Crippen LogP contribution >= 0.6 is 0 Å². The maximum atomic E-state index is 12.5. The zero-order valence-electron chi connectivity index (χ0n) is 16.8. The molecular formula is C23H23NO6. The second-order valence-electron chi connectivity index (χ2n) is 7.11. The number of rotatable bonds is 6. The lowest BCUT2D eigenvalue weighted by Gasteiger charge is -2.26. The fourth-order valence-corrected chi connectivity index (χ4v) is 3.45. The lowest BCUT2D eigenvalue weighted by Crippen LogP contribution is -2.35. The van der Waals surface area contributed by atoms with E-state index in [-0.39, 0.29) is 6.61 Å². The van der Waals surface area contributed by atoms with Gasteiger partial charge in [-0.15, -0.1) is 0 Å². The molecule has 0 saturated carbocycles. The lowest BCUT2D eigenvalue weighted by atomic mass is 10.1. The Morgan fingerprint density at radius 1 is 1.07 bits per heavy atom. The van der Waals surface area contributed by atoms with Crippen LogP contribution in [0, 0.1) is 0 Å². The zero-order chi connectivity index (χ0) is 20.9. The smallest absolute Gasteiger partial charge is 0.338 e. The molecule has 2 heterocycles. The highest BCUT2D eigenvalue weighted by Gasteiger charge is 2.13. The van der Waals surface area contributed by atoms with Crippen LogP contribution in [0.1, 0.15) is 21.5 Å². The van der Waals surface area contributed by atoms with Crippen molar-refractivity contribution in [3.05, 3.63) is 75.6 Å². The molecule has 4 rings (SSSR count). The average Bonchev–Trinajstić information content (AvgIpc) is 2.78. The van der Waals surface area contributed by atoms with Crippen LogP contribution in [0.2, 0.25) is 0 Å². The first-order valence-corrected chi connectivity index (χ1v) is 9.79. The molecule has 0 bridgehead atoms. The van der Waals surface area contributed by atoms with Crippen molar-refractivity contribution in [2.24, 2.45) is 0 Å². The Hall–Kier alpha value is -3.16. The summed E-state index contributed by atoms with van der Waals surface area (Å²) in [6.07, 6.45) is 0. The van der Waals surface area contributed by atoms with E-state index in [1.165, 1.54) is 13.2 Å². The molecule has 0 aliphatic carbocycles. The monoisotopic (exact) mass is 409 g/mol. The Kier molecular flexibility index (Phi) is 6.11. The van der Waals surface area contributed by atoms with Gasteiger partial charge in [0.2, 0.25) is 0 Å². The zero-order valence-corrected chi connectivity index (χ0v) is 16.8. The molecule has 0 spiro atoms. The molecule has 0 amide bonds. The SMILES string of the molecule is COc1ccc2c(COC(=O)c3ccc(CN4CCOCC4)cc3)cc(=O)oc2c1. The lowest BCUT2D eigenvalue weighted by molar-refractivity contribution is 0.0342. The van der Waals surface area contributed by atoms with Crippen molar-refractivity contribution in [1.82, 2.24) is 4.90 Å². The van der Waals surface area contributed by atoms with Gasteiger partial charge in [-0.3, -0.25) is 4.90 Å². The highest BCUT2D eigenvalue weighted by Crippen LogP contribution is 2.23. The Labute approximate surface area is 173 Å². The van der Waals surface area contributed by atoms with Gasteiger partial charge in [0.05, 0.1) is 25.9 Å². The summed E-state index contributed by atoms with van der Waals surface area (Å²) >= 11 is 0. The number of morpholine rings is 1. The number of fused-ring (bicyclic) bond motifs is 1.